The Bertz CT molecular complexity index is 374. The van der Waals surface area contributed by atoms with Gasteiger partial charge in [0.1, 0.15) is 5.75 Å². The fourth-order valence-corrected chi connectivity index (χ4v) is 1.15. The number of benzene rings is 1. The monoisotopic (exact) mass is 207 g/mol. The van der Waals surface area contributed by atoms with Crippen LogP contribution in [0.2, 0.25) is 0 Å². The van der Waals surface area contributed by atoms with Gasteiger partial charge in [-0.05, 0) is 19.1 Å². The number of hydrogen-bond donors (Lipinski definition) is 1. The average molecular weight is 207 g/mol. The van der Waals surface area contributed by atoms with E-state index < -0.39 is 5.91 Å². The summed E-state index contributed by atoms with van der Waals surface area (Å²) in [4.78, 5) is 21.2. The second-order valence-corrected chi connectivity index (χ2v) is 3.22. The first kappa shape index (κ1) is 11.2. The van der Waals surface area contributed by atoms with E-state index in [1.165, 1.54) is 0 Å². The normalized spacial score (nSPS) is 9.67. The number of carbonyl (C=O) groups is 2. The Morgan fingerprint density at radius 3 is 2.87 bits per heavy atom. The number of hydrogen-bond acceptors (Lipinski definition) is 3. The van der Waals surface area contributed by atoms with E-state index in [1.807, 2.05) is 13.0 Å². The molecule has 2 N–H and O–H groups in total. The van der Waals surface area contributed by atoms with Crippen molar-refractivity contribution in [3.63, 3.8) is 0 Å². The van der Waals surface area contributed by atoms with Gasteiger partial charge in [-0.25, -0.2) is 0 Å². The molecule has 0 saturated carbocycles. The van der Waals surface area contributed by atoms with E-state index in [0.717, 1.165) is 11.8 Å². The predicted molar refractivity (Wildman–Crippen MR) is 55.9 cm³/mol. The summed E-state index contributed by atoms with van der Waals surface area (Å²) in [6.45, 7) is 2.08. The summed E-state index contributed by atoms with van der Waals surface area (Å²) in [6, 6.07) is 5.28. The average Bonchev–Trinajstić information content (AvgIpc) is 2.19. The Balaban J connectivity index is 2.67. The summed E-state index contributed by atoms with van der Waals surface area (Å²) in [5.74, 6) is 0.0617. The van der Waals surface area contributed by atoms with Gasteiger partial charge in [0.2, 0.25) is 5.91 Å². The van der Waals surface area contributed by atoms with Crippen LogP contribution in [0, 0.1) is 6.92 Å². The minimum atomic E-state index is -0.422. The topological polar surface area (TPSA) is 69.4 Å². The van der Waals surface area contributed by atoms with Gasteiger partial charge in [-0.1, -0.05) is 11.6 Å². The molecule has 1 rings (SSSR count). The van der Waals surface area contributed by atoms with Crippen molar-refractivity contribution in [2.24, 2.45) is 5.73 Å². The van der Waals surface area contributed by atoms with Crippen LogP contribution in [-0.2, 0) is 4.79 Å². The molecule has 1 aromatic carbocycles. The van der Waals surface area contributed by atoms with Gasteiger partial charge in [0.05, 0.1) is 18.6 Å². The van der Waals surface area contributed by atoms with E-state index in [0.29, 0.717) is 11.3 Å². The standard InChI is InChI=1S/C11H13NO3/c1-8-2-3-10(9(6-8)7-13)15-5-4-11(12)14/h2-3,6-7H,4-5H2,1H3,(H2,12,14). The molecule has 0 unspecified atom stereocenters. The summed E-state index contributed by atoms with van der Waals surface area (Å²) in [7, 11) is 0. The first-order chi connectivity index (χ1) is 7.13. The number of ether oxygens (including phenoxy) is 1. The first-order valence-electron chi connectivity index (χ1n) is 4.60. The summed E-state index contributed by atoms with van der Waals surface area (Å²) in [5.41, 5.74) is 6.43. The van der Waals surface area contributed by atoms with Crippen molar-refractivity contribution in [3.05, 3.63) is 29.3 Å². The maximum absolute atomic E-state index is 10.7. The molecule has 15 heavy (non-hydrogen) atoms. The van der Waals surface area contributed by atoms with Crippen LogP contribution in [0.3, 0.4) is 0 Å². The van der Waals surface area contributed by atoms with Crippen molar-refractivity contribution >= 4 is 12.2 Å². The second kappa shape index (κ2) is 5.14. The number of aryl methyl sites for hydroxylation is 1. The van der Waals surface area contributed by atoms with E-state index in [2.05, 4.69) is 0 Å². The largest absolute Gasteiger partial charge is 0.492 e. The van der Waals surface area contributed by atoms with Crippen LogP contribution in [0.5, 0.6) is 5.75 Å². The second-order valence-electron chi connectivity index (χ2n) is 3.22. The quantitative estimate of drug-likeness (QED) is 0.734. The third-order valence-corrected chi connectivity index (χ3v) is 1.90. The number of rotatable bonds is 5. The molecule has 0 aliphatic carbocycles. The van der Waals surface area contributed by atoms with E-state index in [-0.39, 0.29) is 13.0 Å². The molecule has 1 amide bonds. The fraction of sp³-hybridized carbons (Fsp3) is 0.273. The van der Waals surface area contributed by atoms with Gasteiger partial charge in [-0.15, -0.1) is 0 Å². The molecule has 0 fully saturated rings. The maximum Gasteiger partial charge on any atom is 0.220 e. The molecule has 0 aliphatic rings. The zero-order chi connectivity index (χ0) is 11.3. The number of amides is 1. The highest BCUT2D eigenvalue weighted by Crippen LogP contribution is 2.18. The van der Waals surface area contributed by atoms with E-state index in [4.69, 9.17) is 10.5 Å². The molecule has 1 aromatic rings. The molecule has 0 saturated heterocycles. The molecule has 0 spiro atoms. The molecule has 0 atom stereocenters. The lowest BCUT2D eigenvalue weighted by Crippen LogP contribution is -2.14. The molecule has 4 nitrogen and oxygen atoms in total. The van der Waals surface area contributed by atoms with Crippen molar-refractivity contribution in [3.8, 4) is 5.75 Å². The van der Waals surface area contributed by atoms with E-state index >= 15 is 0 Å². The number of aldehydes is 1. The fourth-order valence-electron chi connectivity index (χ4n) is 1.15. The third-order valence-electron chi connectivity index (χ3n) is 1.90. The lowest BCUT2D eigenvalue weighted by atomic mass is 10.1. The van der Waals surface area contributed by atoms with Gasteiger partial charge < -0.3 is 10.5 Å². The Hall–Kier alpha value is -1.84. The molecule has 4 heteroatoms. The summed E-state index contributed by atoms with van der Waals surface area (Å²) in [5, 5.41) is 0. The SMILES string of the molecule is Cc1ccc(OCCC(N)=O)c(C=O)c1. The van der Waals surface area contributed by atoms with E-state index in [9.17, 15) is 9.59 Å². The zero-order valence-corrected chi connectivity index (χ0v) is 8.53. The van der Waals surface area contributed by atoms with Crippen molar-refractivity contribution in [1.29, 1.82) is 0 Å². The molecular formula is C11H13NO3. The van der Waals surface area contributed by atoms with Gasteiger partial charge in [0, 0.05) is 0 Å². The van der Waals surface area contributed by atoms with Crippen LogP contribution in [0.4, 0.5) is 0 Å². The smallest absolute Gasteiger partial charge is 0.220 e. The van der Waals surface area contributed by atoms with Crippen LogP contribution in [0.1, 0.15) is 22.3 Å². The summed E-state index contributed by atoms with van der Waals surface area (Å²) in [6.07, 6.45) is 0.874. The molecule has 0 bridgehead atoms. The van der Waals surface area contributed by atoms with Gasteiger partial charge in [0.25, 0.3) is 0 Å². The van der Waals surface area contributed by atoms with Gasteiger partial charge in [-0.2, -0.15) is 0 Å². The van der Waals surface area contributed by atoms with Crippen molar-refractivity contribution in [1.82, 2.24) is 0 Å². The number of primary amides is 1. The van der Waals surface area contributed by atoms with Crippen molar-refractivity contribution < 1.29 is 14.3 Å². The highest BCUT2D eigenvalue weighted by Gasteiger charge is 2.03. The molecule has 0 heterocycles. The van der Waals surface area contributed by atoms with Crippen LogP contribution in [-0.4, -0.2) is 18.8 Å². The number of nitrogens with two attached hydrogens (primary N) is 1. The highest BCUT2D eigenvalue weighted by molar-refractivity contribution is 5.79. The van der Waals surface area contributed by atoms with Crippen LogP contribution < -0.4 is 10.5 Å². The van der Waals surface area contributed by atoms with Crippen molar-refractivity contribution in [2.75, 3.05) is 6.61 Å². The minimum absolute atomic E-state index is 0.145. The Labute approximate surface area is 88.0 Å². The van der Waals surface area contributed by atoms with Crippen molar-refractivity contribution in [2.45, 2.75) is 13.3 Å². The van der Waals surface area contributed by atoms with Gasteiger partial charge in [0.15, 0.2) is 6.29 Å². The Morgan fingerprint density at radius 1 is 1.53 bits per heavy atom. The zero-order valence-electron chi connectivity index (χ0n) is 8.53. The third kappa shape index (κ3) is 3.42. The van der Waals surface area contributed by atoms with Gasteiger partial charge >= 0.3 is 0 Å². The Kier molecular flexibility index (Phi) is 3.85. The lowest BCUT2D eigenvalue weighted by molar-refractivity contribution is -0.118. The first-order valence-corrected chi connectivity index (χ1v) is 4.60. The van der Waals surface area contributed by atoms with Gasteiger partial charge in [-0.3, -0.25) is 9.59 Å². The Morgan fingerprint density at radius 2 is 2.27 bits per heavy atom. The molecule has 0 aliphatic heterocycles. The molecule has 0 aromatic heterocycles. The summed E-state index contributed by atoms with van der Waals surface area (Å²) >= 11 is 0. The predicted octanol–water partition coefficient (Wildman–Crippen LogP) is 1.06. The van der Waals surface area contributed by atoms with Crippen LogP contribution in [0.25, 0.3) is 0 Å². The maximum atomic E-state index is 10.7. The molecule has 0 radical (unpaired) electrons. The number of carbonyl (C=O) groups excluding carboxylic acids is 2. The molecule has 80 valence electrons. The summed E-state index contributed by atoms with van der Waals surface area (Å²) < 4.78 is 5.26. The molecular weight excluding hydrogens is 194 g/mol. The van der Waals surface area contributed by atoms with Crippen LogP contribution >= 0.6 is 0 Å². The highest BCUT2D eigenvalue weighted by atomic mass is 16.5. The van der Waals surface area contributed by atoms with Crippen LogP contribution in [0.15, 0.2) is 18.2 Å². The van der Waals surface area contributed by atoms with E-state index in [1.54, 1.807) is 12.1 Å². The lowest BCUT2D eigenvalue weighted by Gasteiger charge is -2.07. The minimum Gasteiger partial charge on any atom is -0.492 e.